The number of ether oxygens (including phenoxy) is 1. The van der Waals surface area contributed by atoms with Crippen LogP contribution in [0.15, 0.2) is 0 Å². The zero-order chi connectivity index (χ0) is 9.14. The van der Waals surface area contributed by atoms with Gasteiger partial charge in [0.05, 0.1) is 18.1 Å². The van der Waals surface area contributed by atoms with Crippen LogP contribution >= 0.6 is 0 Å². The highest BCUT2D eigenvalue weighted by Gasteiger charge is 2.34. The van der Waals surface area contributed by atoms with Gasteiger partial charge in [0, 0.05) is 6.42 Å². The molecule has 0 aliphatic carbocycles. The van der Waals surface area contributed by atoms with Crippen LogP contribution in [0.25, 0.3) is 0 Å². The maximum Gasteiger partial charge on any atom is 0.115 e. The highest BCUT2D eigenvalue weighted by atomic mass is 17.1. The summed E-state index contributed by atoms with van der Waals surface area (Å²) < 4.78 is 5.20. The number of aliphatic hydroxyl groups excluding tert-OH is 1. The Morgan fingerprint density at radius 1 is 1.58 bits per heavy atom. The lowest BCUT2D eigenvalue weighted by atomic mass is 10.1. The number of nitrogens with zero attached hydrogens (tertiary/aromatic N) is 1. The Labute approximate surface area is 69.8 Å². The minimum atomic E-state index is -0.500. The van der Waals surface area contributed by atoms with Gasteiger partial charge in [-0.2, -0.15) is 0 Å². The van der Waals surface area contributed by atoms with Gasteiger partial charge in [-0.05, 0) is 6.92 Å². The molecule has 0 radical (unpaired) electrons. The lowest BCUT2D eigenvalue weighted by Crippen LogP contribution is -2.33. The van der Waals surface area contributed by atoms with E-state index in [1.807, 2.05) is 6.92 Å². The fraction of sp³-hybridized carbons (Fsp3) is 1.00. The molecule has 0 aromatic heterocycles. The topological polar surface area (TPSA) is 82.4 Å². The molecule has 0 amide bonds. The quantitative estimate of drug-likeness (QED) is 0.508. The van der Waals surface area contributed by atoms with Gasteiger partial charge in [0.2, 0.25) is 0 Å². The Hall–Kier alpha value is -0.240. The largest absolute Gasteiger partial charge is 0.394 e. The lowest BCUT2D eigenvalue weighted by Gasteiger charge is -2.17. The van der Waals surface area contributed by atoms with Gasteiger partial charge in [0.1, 0.15) is 12.2 Å². The van der Waals surface area contributed by atoms with E-state index in [1.54, 1.807) is 0 Å². The maximum absolute atomic E-state index is 8.78. The van der Waals surface area contributed by atoms with Crippen molar-refractivity contribution in [3.8, 4) is 0 Å². The number of rotatable bonds is 3. The molecule has 6 nitrogen and oxygen atoms in total. The maximum atomic E-state index is 8.78. The first-order valence-corrected chi connectivity index (χ1v) is 3.74. The normalized spacial score (nSPS) is 36.2. The molecule has 6 heteroatoms. The monoisotopic (exact) mass is 179 g/mol. The Morgan fingerprint density at radius 2 is 2.25 bits per heavy atom. The minimum absolute atomic E-state index is 0.0351. The van der Waals surface area contributed by atoms with E-state index in [2.05, 4.69) is 4.84 Å². The summed E-state index contributed by atoms with van der Waals surface area (Å²) in [4.78, 5) is 4.54. The molecule has 0 bridgehead atoms. The van der Waals surface area contributed by atoms with Crippen LogP contribution in [0.4, 0.5) is 0 Å². The summed E-state index contributed by atoms with van der Waals surface area (Å²) in [6, 6.07) is 0. The van der Waals surface area contributed by atoms with Crippen molar-refractivity contribution >= 4 is 0 Å². The average Bonchev–Trinajstić information content (AvgIpc) is 2.29. The second kappa shape index (κ2) is 4.13. The Bertz CT molecular complexity index is 142. The Morgan fingerprint density at radius 3 is 2.75 bits per heavy atom. The molecular weight excluding hydrogens is 166 g/mol. The molecule has 72 valence electrons. The van der Waals surface area contributed by atoms with Gasteiger partial charge in [-0.25, -0.2) is 4.84 Å². The third-order valence-electron chi connectivity index (χ3n) is 1.80. The van der Waals surface area contributed by atoms with Crippen LogP contribution in [-0.2, 0) is 9.57 Å². The van der Waals surface area contributed by atoms with Crippen LogP contribution < -0.4 is 0 Å². The van der Waals surface area contributed by atoms with E-state index < -0.39 is 12.2 Å². The van der Waals surface area contributed by atoms with Crippen LogP contribution in [0.3, 0.4) is 0 Å². The van der Waals surface area contributed by atoms with Gasteiger partial charge in [-0.1, -0.05) is 0 Å². The molecule has 1 rings (SSSR count). The van der Waals surface area contributed by atoms with Gasteiger partial charge < -0.3 is 9.84 Å². The van der Waals surface area contributed by atoms with E-state index in [9.17, 15) is 0 Å². The average molecular weight is 179 g/mol. The highest BCUT2D eigenvalue weighted by Crippen LogP contribution is 2.22. The van der Waals surface area contributed by atoms with Crippen molar-refractivity contribution in [2.24, 2.45) is 0 Å². The van der Waals surface area contributed by atoms with Crippen molar-refractivity contribution in [3.05, 3.63) is 0 Å². The summed E-state index contributed by atoms with van der Waals surface area (Å²) in [6.07, 6.45) is -0.489. The minimum Gasteiger partial charge on any atom is -0.394 e. The fourth-order valence-electron chi connectivity index (χ4n) is 1.31. The van der Waals surface area contributed by atoms with Crippen molar-refractivity contribution in [3.63, 3.8) is 0 Å². The lowest BCUT2D eigenvalue weighted by molar-refractivity contribution is -0.506. The molecule has 12 heavy (non-hydrogen) atoms. The molecule has 1 saturated heterocycles. The van der Waals surface area contributed by atoms with Crippen molar-refractivity contribution in [2.75, 3.05) is 6.61 Å². The van der Waals surface area contributed by atoms with E-state index in [1.165, 1.54) is 0 Å². The van der Waals surface area contributed by atoms with Crippen LogP contribution in [-0.4, -0.2) is 45.8 Å². The molecule has 0 saturated carbocycles. The van der Waals surface area contributed by atoms with E-state index in [4.69, 9.17) is 20.3 Å². The summed E-state index contributed by atoms with van der Waals surface area (Å²) in [5.74, 6) is 0. The molecule has 0 aromatic rings. The first kappa shape index (κ1) is 9.85. The van der Waals surface area contributed by atoms with Crippen LogP contribution in [0.1, 0.15) is 13.3 Å². The van der Waals surface area contributed by atoms with Crippen LogP contribution in [0.2, 0.25) is 0 Å². The second-order valence-electron chi connectivity index (χ2n) is 2.80. The van der Waals surface area contributed by atoms with Crippen LogP contribution in [0, 0.1) is 0 Å². The molecule has 0 aromatic carbocycles. The van der Waals surface area contributed by atoms with Crippen molar-refractivity contribution in [2.45, 2.75) is 31.7 Å². The van der Waals surface area contributed by atoms with Gasteiger partial charge in [0.25, 0.3) is 0 Å². The summed E-state index contributed by atoms with van der Waals surface area (Å²) >= 11 is 0. The van der Waals surface area contributed by atoms with E-state index in [0.29, 0.717) is 6.42 Å². The van der Waals surface area contributed by atoms with Crippen molar-refractivity contribution in [1.29, 1.82) is 0 Å². The number of hydrogen-bond acceptors (Lipinski definition) is 6. The molecule has 1 aliphatic rings. The zero-order valence-electron chi connectivity index (χ0n) is 6.75. The molecular formula is C6H13NO5. The zero-order valence-corrected chi connectivity index (χ0v) is 6.75. The fourth-order valence-corrected chi connectivity index (χ4v) is 1.31. The van der Waals surface area contributed by atoms with Crippen molar-refractivity contribution in [1.82, 2.24) is 5.39 Å². The predicted molar refractivity (Wildman–Crippen MR) is 36.3 cm³/mol. The molecule has 3 N–H and O–H groups in total. The third kappa shape index (κ3) is 2.37. The van der Waals surface area contributed by atoms with Gasteiger partial charge in [0.15, 0.2) is 0 Å². The SMILES string of the molecule is C[C@H]1CC(ON(O)O)[C@@H](CO)O1. The Balaban J connectivity index is 2.40. The number of hydrogen-bond donors (Lipinski definition) is 3. The molecule has 3 atom stereocenters. The molecule has 1 fully saturated rings. The number of aliphatic hydroxyl groups is 1. The molecule has 0 spiro atoms. The molecule has 1 unspecified atom stereocenters. The summed E-state index contributed by atoms with van der Waals surface area (Å²) in [5, 5.41) is 25.1. The standard InChI is InChI=1S/C6H13NO5/c1-4-2-5(12-7(9)10)6(3-8)11-4/h4-6,8-10H,2-3H2,1H3/t4-,5?,6+/m0/s1. The highest BCUT2D eigenvalue weighted by molar-refractivity contribution is 4.79. The summed E-state index contributed by atoms with van der Waals surface area (Å²) in [6.45, 7) is 1.63. The van der Waals surface area contributed by atoms with Gasteiger partial charge in [-0.15, -0.1) is 0 Å². The van der Waals surface area contributed by atoms with Crippen LogP contribution in [0.5, 0.6) is 0 Å². The molecule has 1 aliphatic heterocycles. The smallest absolute Gasteiger partial charge is 0.115 e. The summed E-state index contributed by atoms with van der Waals surface area (Å²) in [7, 11) is 0. The first-order chi connectivity index (χ1) is 5.63. The van der Waals surface area contributed by atoms with E-state index in [0.717, 1.165) is 0 Å². The molecule has 1 heterocycles. The van der Waals surface area contributed by atoms with Gasteiger partial charge >= 0.3 is 0 Å². The predicted octanol–water partition coefficient (Wildman–Crippen LogP) is -0.463. The van der Waals surface area contributed by atoms with Crippen molar-refractivity contribution < 1.29 is 25.1 Å². The van der Waals surface area contributed by atoms with E-state index in [-0.39, 0.29) is 18.1 Å². The Kier molecular flexibility index (Phi) is 3.39. The van der Waals surface area contributed by atoms with E-state index >= 15 is 0 Å². The third-order valence-corrected chi connectivity index (χ3v) is 1.80. The van der Waals surface area contributed by atoms with Gasteiger partial charge in [-0.3, -0.25) is 10.4 Å². The first-order valence-electron chi connectivity index (χ1n) is 3.74. The summed E-state index contributed by atoms with van der Waals surface area (Å²) in [5.41, 5.74) is 0. The second-order valence-corrected chi connectivity index (χ2v) is 2.80.